The molecule has 0 bridgehead atoms. The molecule has 0 heterocycles. The van der Waals surface area contributed by atoms with E-state index in [0.717, 1.165) is 19.3 Å². The fourth-order valence-electron chi connectivity index (χ4n) is 3.05. The normalized spacial score (nSPS) is 13.8. The number of nitrogens with one attached hydrogen (secondary N) is 3. The zero-order valence-electron chi connectivity index (χ0n) is 17.8. The van der Waals surface area contributed by atoms with E-state index >= 15 is 0 Å². The Labute approximate surface area is 187 Å². The van der Waals surface area contributed by atoms with Gasteiger partial charge < -0.3 is 10.6 Å². The Morgan fingerprint density at radius 1 is 1.14 bits per heavy atom. The second-order valence-corrected chi connectivity index (χ2v) is 8.96. The van der Waals surface area contributed by atoms with E-state index in [2.05, 4.69) is 63.4 Å². The van der Waals surface area contributed by atoms with Gasteiger partial charge >= 0.3 is 0 Å². The summed E-state index contributed by atoms with van der Waals surface area (Å²) in [6.07, 6.45) is 1.16. The van der Waals surface area contributed by atoms with Gasteiger partial charge in [0.25, 0.3) is 0 Å². The van der Waals surface area contributed by atoms with E-state index in [1.54, 1.807) is 7.05 Å². The van der Waals surface area contributed by atoms with E-state index in [9.17, 15) is 8.42 Å². The molecule has 0 spiro atoms. The number of hydrogen-bond donors (Lipinski definition) is 3. The van der Waals surface area contributed by atoms with Gasteiger partial charge in [0.05, 0.1) is 12.3 Å². The van der Waals surface area contributed by atoms with Crippen molar-refractivity contribution in [3.8, 4) is 0 Å². The summed E-state index contributed by atoms with van der Waals surface area (Å²) in [6.45, 7) is 11.0. The van der Waals surface area contributed by atoms with Gasteiger partial charge in [0, 0.05) is 25.7 Å². The second-order valence-electron chi connectivity index (χ2n) is 7.21. The Balaban J connectivity index is 0.00000729. The number of aliphatic imine (C=N–C) groups is 1. The number of likely N-dealkylation sites (N-methyl/N-ethyl adjacent to an activating group) is 1. The summed E-state index contributed by atoms with van der Waals surface area (Å²) in [7, 11) is -1.56. The molecule has 0 amide bonds. The predicted molar refractivity (Wildman–Crippen MR) is 129 cm³/mol. The van der Waals surface area contributed by atoms with Crippen LogP contribution in [0.2, 0.25) is 0 Å². The number of benzene rings is 1. The van der Waals surface area contributed by atoms with Crippen LogP contribution < -0.4 is 15.4 Å². The molecule has 0 aliphatic carbocycles. The lowest BCUT2D eigenvalue weighted by molar-refractivity contribution is 0.219. The largest absolute Gasteiger partial charge is 0.355 e. The molecule has 0 saturated heterocycles. The molecule has 7 nitrogen and oxygen atoms in total. The summed E-state index contributed by atoms with van der Waals surface area (Å²) < 4.78 is 25.6. The van der Waals surface area contributed by atoms with Crippen molar-refractivity contribution in [2.24, 2.45) is 4.99 Å². The van der Waals surface area contributed by atoms with Crippen molar-refractivity contribution < 1.29 is 8.42 Å². The highest BCUT2D eigenvalue weighted by molar-refractivity contribution is 14.0. The summed E-state index contributed by atoms with van der Waals surface area (Å²) in [5.74, 6) is 0.645. The number of nitrogens with zero attached hydrogens (tertiary/aromatic N) is 2. The highest BCUT2D eigenvalue weighted by Gasteiger charge is 2.23. The highest BCUT2D eigenvalue weighted by atomic mass is 127. The molecule has 3 N–H and O–H groups in total. The fourth-order valence-corrected chi connectivity index (χ4v) is 4.13. The molecule has 0 saturated carbocycles. The minimum absolute atomic E-state index is 0. The van der Waals surface area contributed by atoms with Crippen molar-refractivity contribution in [3.63, 3.8) is 0 Å². The number of sulfonamides is 1. The van der Waals surface area contributed by atoms with Crippen LogP contribution in [0.25, 0.3) is 0 Å². The van der Waals surface area contributed by atoms with E-state index in [-0.39, 0.29) is 30.0 Å². The molecule has 0 radical (unpaired) electrons. The van der Waals surface area contributed by atoms with Crippen molar-refractivity contribution in [2.75, 3.05) is 39.5 Å². The SMILES string of the molecule is CCN(CC)C(CNC(=NC)NCC(C)(C)NS(C)(=O)=O)c1ccccc1.I. The van der Waals surface area contributed by atoms with Gasteiger partial charge in [-0.25, -0.2) is 13.1 Å². The number of guanidine groups is 1. The Hall–Kier alpha value is -0.910. The molecule has 9 heteroatoms. The molecule has 28 heavy (non-hydrogen) atoms. The van der Waals surface area contributed by atoms with Crippen LogP contribution in [0.3, 0.4) is 0 Å². The Morgan fingerprint density at radius 3 is 2.18 bits per heavy atom. The summed E-state index contributed by atoms with van der Waals surface area (Å²) in [5, 5.41) is 6.58. The van der Waals surface area contributed by atoms with Gasteiger partial charge in [-0.15, -0.1) is 24.0 Å². The van der Waals surface area contributed by atoms with Crippen LogP contribution in [0.5, 0.6) is 0 Å². The molecule has 1 aromatic rings. The molecule has 1 rings (SSSR count). The molecule has 0 aliphatic rings. The summed E-state index contributed by atoms with van der Waals surface area (Å²) in [6, 6.07) is 10.6. The quantitative estimate of drug-likeness (QED) is 0.248. The third-order valence-electron chi connectivity index (χ3n) is 4.28. The monoisotopic (exact) mass is 525 g/mol. The van der Waals surface area contributed by atoms with Gasteiger partial charge in [0.15, 0.2) is 5.96 Å². The summed E-state index contributed by atoms with van der Waals surface area (Å²) >= 11 is 0. The first-order valence-electron chi connectivity index (χ1n) is 9.34. The van der Waals surface area contributed by atoms with Crippen LogP contribution in [0.15, 0.2) is 35.3 Å². The van der Waals surface area contributed by atoms with Gasteiger partial charge in [-0.3, -0.25) is 9.89 Å². The molecule has 162 valence electrons. The zero-order chi connectivity index (χ0) is 20.5. The number of rotatable bonds is 10. The number of hydrogen-bond acceptors (Lipinski definition) is 4. The molecule has 1 aromatic carbocycles. The minimum Gasteiger partial charge on any atom is -0.355 e. The van der Waals surface area contributed by atoms with Crippen LogP contribution in [-0.2, 0) is 10.0 Å². The van der Waals surface area contributed by atoms with Crippen molar-refractivity contribution in [1.82, 2.24) is 20.3 Å². The lowest BCUT2D eigenvalue weighted by atomic mass is 10.1. The van der Waals surface area contributed by atoms with Crippen molar-refractivity contribution in [2.45, 2.75) is 39.3 Å². The smallest absolute Gasteiger partial charge is 0.209 e. The maximum atomic E-state index is 11.5. The Kier molecular flexibility index (Phi) is 12.2. The predicted octanol–water partition coefficient (Wildman–Crippen LogP) is 2.18. The summed E-state index contributed by atoms with van der Waals surface area (Å²) in [4.78, 5) is 6.66. The average Bonchev–Trinajstić information content (AvgIpc) is 2.59. The van der Waals surface area contributed by atoms with E-state index in [4.69, 9.17) is 0 Å². The first kappa shape index (κ1) is 27.1. The van der Waals surface area contributed by atoms with Crippen LogP contribution in [-0.4, -0.2) is 64.3 Å². The summed E-state index contributed by atoms with van der Waals surface area (Å²) in [5.41, 5.74) is 0.631. The fraction of sp³-hybridized carbons (Fsp3) is 0.632. The van der Waals surface area contributed by atoms with Crippen LogP contribution in [0, 0.1) is 0 Å². The standard InChI is InChI=1S/C19H35N5O2S.HI/c1-7-24(8-2)17(16-12-10-9-11-13-16)14-21-18(20-5)22-15-19(3,4)23-27(6,25)26;/h9-13,17,23H,7-8,14-15H2,1-6H3,(H2,20,21,22);1H. The van der Waals surface area contributed by atoms with Gasteiger partial charge in [-0.05, 0) is 32.5 Å². The van der Waals surface area contributed by atoms with E-state index in [1.165, 1.54) is 5.56 Å². The van der Waals surface area contributed by atoms with Crippen LogP contribution in [0.1, 0.15) is 39.3 Å². The van der Waals surface area contributed by atoms with E-state index in [1.807, 2.05) is 19.9 Å². The first-order valence-corrected chi connectivity index (χ1v) is 11.2. The molecule has 0 aromatic heterocycles. The first-order chi connectivity index (χ1) is 12.6. The highest BCUT2D eigenvalue weighted by Crippen LogP contribution is 2.19. The molecule has 1 unspecified atom stereocenters. The van der Waals surface area contributed by atoms with Gasteiger partial charge in [0.1, 0.15) is 0 Å². The molecule has 0 fully saturated rings. The van der Waals surface area contributed by atoms with Crippen LogP contribution in [0.4, 0.5) is 0 Å². The molecular weight excluding hydrogens is 489 g/mol. The minimum atomic E-state index is -3.27. The van der Waals surface area contributed by atoms with Crippen LogP contribution >= 0.6 is 24.0 Å². The van der Waals surface area contributed by atoms with Crippen molar-refractivity contribution in [3.05, 3.63) is 35.9 Å². The topological polar surface area (TPSA) is 85.8 Å². The second kappa shape index (κ2) is 12.6. The Morgan fingerprint density at radius 2 is 1.71 bits per heavy atom. The maximum Gasteiger partial charge on any atom is 0.209 e. The number of halogens is 1. The zero-order valence-corrected chi connectivity index (χ0v) is 21.0. The van der Waals surface area contributed by atoms with Crippen molar-refractivity contribution >= 4 is 40.0 Å². The third kappa shape index (κ3) is 10.0. The molecule has 1 atom stereocenters. The molecular formula is C19H36IN5O2S. The lowest BCUT2D eigenvalue weighted by Crippen LogP contribution is -2.53. The Bertz CT molecular complexity index is 692. The van der Waals surface area contributed by atoms with Gasteiger partial charge in [0.2, 0.25) is 10.0 Å². The van der Waals surface area contributed by atoms with E-state index in [0.29, 0.717) is 19.0 Å². The maximum absolute atomic E-state index is 11.5. The van der Waals surface area contributed by atoms with E-state index < -0.39 is 15.6 Å². The van der Waals surface area contributed by atoms with Crippen molar-refractivity contribution in [1.29, 1.82) is 0 Å². The third-order valence-corrected chi connectivity index (χ3v) is 5.21. The average molecular weight is 526 g/mol. The lowest BCUT2D eigenvalue weighted by Gasteiger charge is -2.31. The van der Waals surface area contributed by atoms with Gasteiger partial charge in [-0.1, -0.05) is 44.2 Å². The van der Waals surface area contributed by atoms with Gasteiger partial charge in [-0.2, -0.15) is 0 Å². The molecule has 0 aliphatic heterocycles.